The first-order valence-electron chi connectivity index (χ1n) is 20.6. The van der Waals surface area contributed by atoms with Crippen molar-refractivity contribution in [1.29, 1.82) is 0 Å². The molecule has 6 rings (SSSR count). The van der Waals surface area contributed by atoms with E-state index in [4.69, 9.17) is 0 Å². The molecule has 0 aromatic heterocycles. The number of carbonyl (C=O) groups excluding carboxylic acids is 6. The van der Waals surface area contributed by atoms with Crippen molar-refractivity contribution in [3.63, 3.8) is 0 Å². The minimum atomic E-state index is -1.05. The van der Waals surface area contributed by atoms with Gasteiger partial charge in [-0.15, -0.1) is 6.58 Å². The van der Waals surface area contributed by atoms with Crippen LogP contribution in [0.15, 0.2) is 73.3 Å². The van der Waals surface area contributed by atoms with Crippen LogP contribution in [0.2, 0.25) is 0 Å². The topological polar surface area (TPSA) is 139 Å². The summed E-state index contributed by atoms with van der Waals surface area (Å²) in [4.78, 5) is 94.5. The number of carbonyl (C=O) groups is 6. The number of fused-ring (bicyclic) bond motifs is 3. The maximum atomic E-state index is 15.0. The molecule has 7 atom stereocenters. The zero-order valence-corrected chi connectivity index (χ0v) is 32.9. The van der Waals surface area contributed by atoms with Crippen LogP contribution in [-0.4, -0.2) is 117 Å². The summed E-state index contributed by atoms with van der Waals surface area (Å²) in [6, 6.07) is 13.4. The number of hydrogen-bond donors (Lipinski definition) is 2. The van der Waals surface area contributed by atoms with E-state index < -0.39 is 48.1 Å². The van der Waals surface area contributed by atoms with Crippen LogP contribution in [-0.2, 0) is 41.6 Å². The number of amides is 6. The summed E-state index contributed by atoms with van der Waals surface area (Å²) in [6.45, 7) is 8.88. The van der Waals surface area contributed by atoms with Gasteiger partial charge in [-0.2, -0.15) is 0 Å². The minimum Gasteiger partial charge on any atom is -0.342 e. The van der Waals surface area contributed by atoms with Gasteiger partial charge in [-0.3, -0.25) is 28.8 Å². The highest BCUT2D eigenvalue weighted by Gasteiger charge is 2.47. The van der Waals surface area contributed by atoms with Crippen molar-refractivity contribution in [2.75, 3.05) is 26.2 Å². The van der Waals surface area contributed by atoms with Crippen molar-refractivity contribution in [2.45, 2.75) is 121 Å². The Balaban J connectivity index is 1.46. The molecule has 2 aromatic carbocycles. The standard InChI is InChI=1S/C44H58N6O6/c1-4-24-47-37(29-32-19-10-7-11-20-32)43(55)48-27-16-23-34(48)40(52)45-33(28-31-17-8-6-9-18-31)39(51)46-38(30(3)5-2)44(56)50-26-15-13-22-36(50)42(54)49-25-14-12-21-35(49)41(47)53/h4,6-11,17-20,30,33-38H,1,5,12-16,21-29H2,2-3H3,(H,45,52)(H,46,51)/t30-,33+,34-,35-,36+,37+,38-/m0/s1. The van der Waals surface area contributed by atoms with Crippen molar-refractivity contribution in [3.05, 3.63) is 84.4 Å². The lowest BCUT2D eigenvalue weighted by Crippen LogP contribution is -2.65. The second kappa shape index (κ2) is 18.8. The zero-order chi connectivity index (χ0) is 39.8. The van der Waals surface area contributed by atoms with Crippen LogP contribution in [0.3, 0.4) is 0 Å². The maximum absolute atomic E-state index is 15.0. The molecule has 56 heavy (non-hydrogen) atoms. The minimum absolute atomic E-state index is 0.0647. The van der Waals surface area contributed by atoms with Gasteiger partial charge in [0.1, 0.15) is 36.3 Å². The highest BCUT2D eigenvalue weighted by atomic mass is 16.2. The molecule has 0 bridgehead atoms. The van der Waals surface area contributed by atoms with E-state index in [1.807, 2.05) is 74.5 Å². The van der Waals surface area contributed by atoms with Gasteiger partial charge in [0, 0.05) is 39.0 Å². The van der Waals surface area contributed by atoms with Crippen LogP contribution in [0.4, 0.5) is 0 Å². The SMILES string of the molecule is C=CCN1C(=O)[C@@H]2CCCCN2C(=O)[C@H]2CCCCN2C(=O)[C@H]([C@@H](C)CC)NC(=O)[C@@H](Cc2ccccc2)NC(=O)[C@@H]2CCCN2C(=O)[C@H]1Cc1ccccc1. The van der Waals surface area contributed by atoms with Gasteiger partial charge in [0.15, 0.2) is 0 Å². The van der Waals surface area contributed by atoms with Crippen molar-refractivity contribution in [2.24, 2.45) is 5.92 Å². The Kier molecular flexibility index (Phi) is 13.6. The Hall–Kier alpha value is -5.00. The van der Waals surface area contributed by atoms with E-state index in [9.17, 15) is 28.8 Å². The van der Waals surface area contributed by atoms with Crippen molar-refractivity contribution in [1.82, 2.24) is 30.2 Å². The Morgan fingerprint density at radius 2 is 1.18 bits per heavy atom. The lowest BCUT2D eigenvalue weighted by atomic mass is 9.92. The Labute approximate surface area is 331 Å². The molecule has 12 nitrogen and oxygen atoms in total. The summed E-state index contributed by atoms with van der Waals surface area (Å²) in [5.41, 5.74) is 1.67. The molecule has 0 saturated carbocycles. The molecule has 0 unspecified atom stereocenters. The molecule has 300 valence electrons. The molecule has 0 radical (unpaired) electrons. The third kappa shape index (κ3) is 9.00. The first-order chi connectivity index (χ1) is 27.1. The smallest absolute Gasteiger partial charge is 0.246 e. The number of piperidine rings is 2. The van der Waals surface area contributed by atoms with Crippen LogP contribution in [0.25, 0.3) is 0 Å². The van der Waals surface area contributed by atoms with E-state index >= 15 is 0 Å². The van der Waals surface area contributed by atoms with E-state index in [0.29, 0.717) is 64.6 Å². The number of nitrogens with zero attached hydrogens (tertiary/aromatic N) is 4. The summed E-state index contributed by atoms with van der Waals surface area (Å²) in [7, 11) is 0. The van der Waals surface area contributed by atoms with Crippen LogP contribution >= 0.6 is 0 Å². The summed E-state index contributed by atoms with van der Waals surface area (Å²) >= 11 is 0. The number of hydrogen-bond acceptors (Lipinski definition) is 6. The Bertz CT molecular complexity index is 1740. The lowest BCUT2D eigenvalue weighted by molar-refractivity contribution is -0.159. The third-order valence-corrected chi connectivity index (χ3v) is 12.2. The van der Waals surface area contributed by atoms with E-state index in [2.05, 4.69) is 17.2 Å². The molecule has 2 N–H and O–H groups in total. The van der Waals surface area contributed by atoms with E-state index in [0.717, 1.165) is 24.0 Å². The number of rotatable bonds is 8. The van der Waals surface area contributed by atoms with Gasteiger partial charge in [-0.25, -0.2) is 0 Å². The molecular weight excluding hydrogens is 709 g/mol. The quantitative estimate of drug-likeness (QED) is 0.394. The average Bonchev–Trinajstić information content (AvgIpc) is 3.73. The molecule has 12 heteroatoms. The van der Waals surface area contributed by atoms with Gasteiger partial charge in [-0.05, 0) is 68.4 Å². The predicted molar refractivity (Wildman–Crippen MR) is 213 cm³/mol. The summed E-state index contributed by atoms with van der Waals surface area (Å²) in [5.74, 6) is -2.54. The largest absolute Gasteiger partial charge is 0.342 e. The average molecular weight is 767 g/mol. The van der Waals surface area contributed by atoms with E-state index in [-0.39, 0.29) is 48.9 Å². The number of nitrogens with one attached hydrogen (secondary N) is 2. The molecule has 4 fully saturated rings. The molecule has 2 aromatic rings. The Morgan fingerprint density at radius 1 is 0.643 bits per heavy atom. The van der Waals surface area contributed by atoms with Crippen molar-refractivity contribution < 1.29 is 28.8 Å². The van der Waals surface area contributed by atoms with Gasteiger partial charge in [0.25, 0.3) is 0 Å². The van der Waals surface area contributed by atoms with Gasteiger partial charge in [0.05, 0.1) is 0 Å². The van der Waals surface area contributed by atoms with E-state index in [1.165, 1.54) is 0 Å². The predicted octanol–water partition coefficient (Wildman–Crippen LogP) is 3.64. The fourth-order valence-electron chi connectivity index (χ4n) is 8.90. The fourth-order valence-corrected chi connectivity index (χ4v) is 8.90. The van der Waals surface area contributed by atoms with Crippen LogP contribution in [0.5, 0.6) is 0 Å². The summed E-state index contributed by atoms with van der Waals surface area (Å²) in [6.07, 6.45) is 7.27. The van der Waals surface area contributed by atoms with Crippen molar-refractivity contribution in [3.8, 4) is 0 Å². The molecule has 4 aliphatic heterocycles. The highest BCUT2D eigenvalue weighted by Crippen LogP contribution is 2.29. The molecule has 6 amide bonds. The second-order valence-electron chi connectivity index (χ2n) is 15.9. The van der Waals surface area contributed by atoms with Crippen LogP contribution in [0, 0.1) is 5.92 Å². The fraction of sp³-hybridized carbons (Fsp3) is 0.545. The van der Waals surface area contributed by atoms with Gasteiger partial charge in [0.2, 0.25) is 35.4 Å². The van der Waals surface area contributed by atoms with Crippen LogP contribution in [0.1, 0.15) is 82.8 Å². The van der Waals surface area contributed by atoms with Crippen molar-refractivity contribution >= 4 is 35.4 Å². The lowest BCUT2D eigenvalue weighted by Gasteiger charge is -2.45. The summed E-state index contributed by atoms with van der Waals surface area (Å²) < 4.78 is 0. The molecule has 4 heterocycles. The number of benzene rings is 2. The molecule has 4 aliphatic rings. The van der Waals surface area contributed by atoms with Crippen LogP contribution < -0.4 is 10.6 Å². The third-order valence-electron chi connectivity index (χ3n) is 12.2. The maximum Gasteiger partial charge on any atom is 0.246 e. The first-order valence-corrected chi connectivity index (χ1v) is 20.6. The van der Waals surface area contributed by atoms with Gasteiger partial charge < -0.3 is 30.2 Å². The molecule has 0 spiro atoms. The van der Waals surface area contributed by atoms with E-state index in [1.54, 1.807) is 25.7 Å². The second-order valence-corrected chi connectivity index (χ2v) is 15.9. The summed E-state index contributed by atoms with van der Waals surface area (Å²) in [5, 5.41) is 6.01. The monoisotopic (exact) mass is 766 g/mol. The molecule has 0 aliphatic carbocycles. The first kappa shape index (κ1) is 40.7. The normalized spacial score (nSPS) is 27.7. The molecular formula is C44H58N6O6. The van der Waals surface area contributed by atoms with Gasteiger partial charge >= 0.3 is 0 Å². The zero-order valence-electron chi connectivity index (χ0n) is 32.9. The highest BCUT2D eigenvalue weighted by molar-refractivity contribution is 5.99. The van der Waals surface area contributed by atoms with Gasteiger partial charge in [-0.1, -0.05) is 87.0 Å². The molecule has 4 saturated heterocycles. The Morgan fingerprint density at radius 3 is 1.79 bits per heavy atom.